The van der Waals surface area contributed by atoms with E-state index in [1.54, 1.807) is 0 Å². The molecule has 0 saturated carbocycles. The van der Waals surface area contributed by atoms with Crippen molar-refractivity contribution in [1.29, 1.82) is 0 Å². The van der Waals surface area contributed by atoms with E-state index >= 15 is 0 Å². The molecule has 2 aliphatic heterocycles. The average Bonchev–Trinajstić information content (AvgIpc) is 1.99. The molecule has 0 radical (unpaired) electrons. The molecule has 0 aromatic rings. The topological polar surface area (TPSA) is 14.1 Å². The van der Waals surface area contributed by atoms with Crippen molar-refractivity contribution in [2.45, 2.75) is 69.8 Å². The summed E-state index contributed by atoms with van der Waals surface area (Å²) >= 11 is 0. The van der Waals surface area contributed by atoms with Crippen molar-refractivity contribution in [1.82, 2.24) is 0 Å². The summed E-state index contributed by atoms with van der Waals surface area (Å²) in [5, 5.41) is 0. The molecule has 0 aromatic heterocycles. The van der Waals surface area contributed by atoms with Crippen molar-refractivity contribution in [2.75, 3.05) is 0 Å². The summed E-state index contributed by atoms with van der Waals surface area (Å²) in [7, 11) is -1.19. The van der Waals surface area contributed by atoms with Crippen LogP contribution in [0.3, 0.4) is 0 Å². The van der Waals surface area contributed by atoms with Crippen molar-refractivity contribution < 1.29 is 18.9 Å². The Morgan fingerprint density at radius 2 is 1.33 bits per heavy atom. The summed E-state index contributed by atoms with van der Waals surface area (Å²) in [4.78, 5) is 5.19. The van der Waals surface area contributed by atoms with Gasteiger partial charge in [0.25, 0.3) is 0 Å². The van der Waals surface area contributed by atoms with Crippen molar-refractivity contribution >= 4 is 15.1 Å². The monoisotopic (exact) mass is 215 g/mol. The van der Waals surface area contributed by atoms with Crippen LogP contribution in [0.1, 0.15) is 38.5 Å². The third-order valence-electron chi connectivity index (χ3n) is 3.80. The Balaban J connectivity index is 0.00000112. The summed E-state index contributed by atoms with van der Waals surface area (Å²) in [5.41, 5.74) is 0. The number of nitrogens with zero attached hydrogens (tertiary/aromatic N) is 1. The zero-order chi connectivity index (χ0) is 10.2. The van der Waals surface area contributed by atoms with Gasteiger partial charge in [-0.05, 0) is 0 Å². The quantitative estimate of drug-likeness (QED) is 0.616. The van der Waals surface area contributed by atoms with Crippen LogP contribution >= 0.6 is 0 Å². The molecular formula is C11H23BLiNSi. The Morgan fingerprint density at radius 3 is 1.67 bits per heavy atom. The van der Waals surface area contributed by atoms with Crippen LogP contribution in [0.4, 0.5) is 0 Å². The molecule has 2 rings (SSSR count). The third kappa shape index (κ3) is 3.66. The zero-order valence-corrected chi connectivity index (χ0v) is 11.9. The van der Waals surface area contributed by atoms with Gasteiger partial charge in [-0.2, -0.15) is 0 Å². The number of fused-ring (bicyclic) bond motifs is 2. The van der Waals surface area contributed by atoms with Crippen LogP contribution in [0, 0.1) is 0 Å². The van der Waals surface area contributed by atoms with E-state index in [2.05, 4.69) is 19.6 Å². The van der Waals surface area contributed by atoms with E-state index in [9.17, 15) is 0 Å². The minimum absolute atomic E-state index is 0. The molecule has 2 fully saturated rings. The van der Waals surface area contributed by atoms with E-state index < -0.39 is 8.24 Å². The molecule has 1 nitrogen and oxygen atoms in total. The van der Waals surface area contributed by atoms with E-state index in [1.807, 2.05) is 0 Å². The second kappa shape index (κ2) is 5.45. The van der Waals surface area contributed by atoms with E-state index in [0.717, 1.165) is 18.5 Å². The molecule has 0 spiro atoms. The molecule has 2 heterocycles. The van der Waals surface area contributed by atoms with Crippen molar-refractivity contribution in [2.24, 2.45) is 0 Å². The molecular weight excluding hydrogens is 192 g/mol. The maximum Gasteiger partial charge on any atom is 1.00 e. The van der Waals surface area contributed by atoms with Gasteiger partial charge in [-0.25, -0.2) is 0 Å². The minimum Gasteiger partial charge on any atom is -0.688 e. The zero-order valence-electron chi connectivity index (χ0n) is 10.9. The normalized spacial score (nSPS) is 31.0. The largest absolute Gasteiger partial charge is 1.00 e. The molecule has 0 amide bonds. The molecule has 80 valence electrons. The molecule has 0 N–H and O–H groups in total. The Hall–Kier alpha value is 0.839. The van der Waals surface area contributed by atoms with E-state index in [1.165, 1.54) is 38.5 Å². The summed E-state index contributed by atoms with van der Waals surface area (Å²) < 4.78 is 0. The van der Waals surface area contributed by atoms with Gasteiger partial charge in [-0.1, -0.05) is 78.0 Å². The van der Waals surface area contributed by atoms with Gasteiger partial charge in [0.1, 0.15) is 0 Å². The molecule has 15 heavy (non-hydrogen) atoms. The smallest absolute Gasteiger partial charge is 0.688 e. The predicted octanol–water partition coefficient (Wildman–Crippen LogP) is 1.30. The fourth-order valence-electron chi connectivity index (χ4n) is 3.30. The third-order valence-corrected chi connectivity index (χ3v) is 4.87. The summed E-state index contributed by atoms with van der Waals surface area (Å²) in [6.45, 7) is 7.93. The van der Waals surface area contributed by atoms with Gasteiger partial charge in [-0.3, -0.25) is 0 Å². The van der Waals surface area contributed by atoms with Crippen LogP contribution in [0.2, 0.25) is 31.3 Å². The van der Waals surface area contributed by atoms with Gasteiger partial charge in [0.2, 0.25) is 0 Å². The van der Waals surface area contributed by atoms with Gasteiger partial charge in [-0.15, -0.1) is 0 Å². The van der Waals surface area contributed by atoms with Crippen LogP contribution < -0.4 is 18.9 Å². The minimum atomic E-state index is -1.19. The molecule has 0 unspecified atom stereocenters. The fraction of sp³-hybridized carbons (Fsp3) is 1.00. The number of hydrogen-bond donors (Lipinski definition) is 0. The summed E-state index contributed by atoms with van der Waals surface area (Å²) in [6, 6.07) is 0. The van der Waals surface area contributed by atoms with Gasteiger partial charge in [0.05, 0.1) is 0 Å². The van der Waals surface area contributed by atoms with Crippen molar-refractivity contribution in [3.63, 3.8) is 0 Å². The van der Waals surface area contributed by atoms with Gasteiger partial charge >= 0.3 is 18.9 Å². The molecule has 0 aromatic carbocycles. The standard InChI is InChI=1S/C11H23BNSi.Li/c1-14(2,3)13-12-10-6-4-7-11(12)9-5-8-10;/h10-11H,4-9H2,1-3H3;/q-1;+1. The second-order valence-electron chi connectivity index (χ2n) is 6.17. The first-order chi connectivity index (χ1) is 6.56. The van der Waals surface area contributed by atoms with E-state index in [0.29, 0.717) is 0 Å². The van der Waals surface area contributed by atoms with E-state index in [-0.39, 0.29) is 18.9 Å². The molecule has 0 atom stereocenters. The number of rotatable bonds is 2. The maximum atomic E-state index is 5.19. The first-order valence-electron chi connectivity index (χ1n) is 6.28. The Kier molecular flexibility index (Phi) is 5.05. The first kappa shape index (κ1) is 13.9. The van der Waals surface area contributed by atoms with Crippen LogP contribution in [-0.4, -0.2) is 15.1 Å². The average molecular weight is 215 g/mol. The van der Waals surface area contributed by atoms with Gasteiger partial charge in [0, 0.05) is 6.85 Å². The Morgan fingerprint density at radius 1 is 0.933 bits per heavy atom. The summed E-state index contributed by atoms with van der Waals surface area (Å²) in [6.07, 6.45) is 8.83. The van der Waals surface area contributed by atoms with E-state index in [4.69, 9.17) is 4.89 Å². The maximum absolute atomic E-state index is 5.19. The van der Waals surface area contributed by atoms with Gasteiger partial charge in [0.15, 0.2) is 0 Å². The van der Waals surface area contributed by atoms with Gasteiger partial charge < -0.3 is 4.89 Å². The van der Waals surface area contributed by atoms with Crippen LogP contribution in [0.15, 0.2) is 0 Å². The van der Waals surface area contributed by atoms with Crippen molar-refractivity contribution in [3.8, 4) is 0 Å². The second-order valence-corrected chi connectivity index (χ2v) is 10.8. The Bertz CT molecular complexity index is 185. The van der Waals surface area contributed by atoms with Crippen LogP contribution in [-0.2, 0) is 0 Å². The predicted molar refractivity (Wildman–Crippen MR) is 67.7 cm³/mol. The first-order valence-corrected chi connectivity index (χ1v) is 9.73. The molecule has 0 aliphatic carbocycles. The van der Waals surface area contributed by atoms with Crippen LogP contribution in [0.5, 0.6) is 0 Å². The van der Waals surface area contributed by atoms with Crippen molar-refractivity contribution in [3.05, 3.63) is 4.89 Å². The summed E-state index contributed by atoms with van der Waals surface area (Å²) in [5.74, 6) is 1.93. The fourth-order valence-corrected chi connectivity index (χ4v) is 4.62. The molecule has 2 aliphatic rings. The SMILES string of the molecule is C[Si](C)(C)[N-]B1C2CCCC1CCC2.[Li+]. The van der Waals surface area contributed by atoms with Crippen LogP contribution in [0.25, 0.3) is 4.89 Å². The Labute approximate surface area is 109 Å². The molecule has 2 saturated heterocycles. The molecule has 2 bridgehead atoms. The number of hydrogen-bond acceptors (Lipinski definition) is 0. The molecule has 4 heteroatoms.